The number of nitrogens with zero attached hydrogens (tertiary/aromatic N) is 2. The van der Waals surface area contributed by atoms with Gasteiger partial charge >= 0.3 is 15.5 Å². The molecule has 0 radical (unpaired) electrons. The summed E-state index contributed by atoms with van der Waals surface area (Å²) >= 11 is 2.00. The molecule has 0 aromatic rings. The van der Waals surface area contributed by atoms with Crippen molar-refractivity contribution in [2.24, 2.45) is 10.9 Å². The van der Waals surface area contributed by atoms with E-state index in [4.69, 9.17) is 0 Å². The van der Waals surface area contributed by atoms with Crippen LogP contribution in [0.2, 0.25) is 0 Å². The zero-order chi connectivity index (χ0) is 20.8. The molecular formula is C17H32F3IN4O2S2. The van der Waals surface area contributed by atoms with Crippen molar-refractivity contribution in [3.05, 3.63) is 0 Å². The van der Waals surface area contributed by atoms with Crippen molar-refractivity contribution in [2.45, 2.75) is 62.2 Å². The van der Waals surface area contributed by atoms with Crippen LogP contribution in [0.4, 0.5) is 13.2 Å². The second kappa shape index (κ2) is 12.2. The lowest BCUT2D eigenvalue weighted by Gasteiger charge is -2.33. The molecule has 2 N–H and O–H groups in total. The summed E-state index contributed by atoms with van der Waals surface area (Å²) in [5.41, 5.74) is -5.22. The predicted octanol–water partition coefficient (Wildman–Crippen LogP) is 3.40. The van der Waals surface area contributed by atoms with Gasteiger partial charge in [0.15, 0.2) is 5.96 Å². The van der Waals surface area contributed by atoms with Crippen molar-refractivity contribution in [2.75, 3.05) is 32.4 Å². The Labute approximate surface area is 193 Å². The van der Waals surface area contributed by atoms with Crippen LogP contribution in [-0.4, -0.2) is 67.9 Å². The molecular weight excluding hydrogens is 540 g/mol. The Morgan fingerprint density at radius 2 is 1.86 bits per heavy atom. The van der Waals surface area contributed by atoms with Crippen molar-refractivity contribution < 1.29 is 21.6 Å². The van der Waals surface area contributed by atoms with E-state index in [9.17, 15) is 21.6 Å². The van der Waals surface area contributed by atoms with Crippen LogP contribution < -0.4 is 10.6 Å². The van der Waals surface area contributed by atoms with Gasteiger partial charge in [-0.3, -0.25) is 4.99 Å². The smallest absolute Gasteiger partial charge is 0.356 e. The summed E-state index contributed by atoms with van der Waals surface area (Å²) in [4.78, 5) is 4.26. The molecule has 2 fully saturated rings. The monoisotopic (exact) mass is 572 g/mol. The van der Waals surface area contributed by atoms with Gasteiger partial charge in [0.1, 0.15) is 0 Å². The van der Waals surface area contributed by atoms with Crippen LogP contribution in [0.3, 0.4) is 0 Å². The Bertz CT molecular complexity index is 625. The Morgan fingerprint density at radius 1 is 1.21 bits per heavy atom. The topological polar surface area (TPSA) is 73.8 Å². The molecule has 0 bridgehead atoms. The maximum Gasteiger partial charge on any atom is 0.511 e. The van der Waals surface area contributed by atoms with Gasteiger partial charge in [-0.1, -0.05) is 13.3 Å². The van der Waals surface area contributed by atoms with Gasteiger partial charge < -0.3 is 10.6 Å². The number of piperidine rings is 1. The first kappa shape index (κ1) is 27.1. The van der Waals surface area contributed by atoms with Gasteiger partial charge in [0.2, 0.25) is 0 Å². The van der Waals surface area contributed by atoms with Crippen molar-refractivity contribution in [3.8, 4) is 0 Å². The molecule has 1 saturated carbocycles. The zero-order valence-electron chi connectivity index (χ0n) is 16.9. The minimum Gasteiger partial charge on any atom is -0.356 e. The highest BCUT2D eigenvalue weighted by Gasteiger charge is 2.50. The summed E-state index contributed by atoms with van der Waals surface area (Å²) in [5, 5.41) is 7.39. The van der Waals surface area contributed by atoms with Crippen LogP contribution >= 0.6 is 35.7 Å². The highest BCUT2D eigenvalue weighted by Crippen LogP contribution is 2.30. The number of guanidine groups is 1. The van der Waals surface area contributed by atoms with Gasteiger partial charge in [0, 0.05) is 38.0 Å². The van der Waals surface area contributed by atoms with E-state index < -0.39 is 15.5 Å². The molecule has 172 valence electrons. The van der Waals surface area contributed by atoms with Crippen LogP contribution in [0.15, 0.2) is 4.99 Å². The maximum atomic E-state index is 12.6. The molecule has 2 rings (SSSR count). The van der Waals surface area contributed by atoms with Crippen molar-refractivity contribution >= 4 is 51.7 Å². The molecule has 1 aliphatic heterocycles. The first-order chi connectivity index (χ1) is 13.2. The fourth-order valence-electron chi connectivity index (χ4n) is 3.79. The van der Waals surface area contributed by atoms with Crippen molar-refractivity contribution in [1.82, 2.24) is 14.9 Å². The second-order valence-corrected chi connectivity index (χ2v) is 10.8. The summed E-state index contributed by atoms with van der Waals surface area (Å²) in [7, 11) is -3.51. The van der Waals surface area contributed by atoms with Gasteiger partial charge in [0.25, 0.3) is 0 Å². The largest absolute Gasteiger partial charge is 0.511 e. The van der Waals surface area contributed by atoms with Gasteiger partial charge in [0.05, 0.1) is 0 Å². The number of halogens is 4. The van der Waals surface area contributed by atoms with Crippen molar-refractivity contribution in [3.63, 3.8) is 0 Å². The number of sulfonamides is 1. The minimum atomic E-state index is -5.22. The lowest BCUT2D eigenvalue weighted by Crippen LogP contribution is -2.49. The van der Waals surface area contributed by atoms with E-state index in [0.29, 0.717) is 40.9 Å². The summed E-state index contributed by atoms with van der Waals surface area (Å²) in [6.07, 6.45) is 5.46. The maximum absolute atomic E-state index is 12.6. The second-order valence-electron chi connectivity index (χ2n) is 7.33. The van der Waals surface area contributed by atoms with Crippen LogP contribution in [0.25, 0.3) is 0 Å². The van der Waals surface area contributed by atoms with Gasteiger partial charge in [-0.15, -0.1) is 24.0 Å². The Kier molecular flexibility index (Phi) is 11.4. The van der Waals surface area contributed by atoms with E-state index in [1.807, 2.05) is 11.8 Å². The van der Waals surface area contributed by atoms with Crippen LogP contribution in [0.1, 0.15) is 45.4 Å². The van der Waals surface area contributed by atoms with Gasteiger partial charge in [-0.05, 0) is 43.8 Å². The van der Waals surface area contributed by atoms with Gasteiger partial charge in [-0.2, -0.15) is 29.2 Å². The first-order valence-electron chi connectivity index (χ1n) is 9.82. The van der Waals surface area contributed by atoms with E-state index in [-0.39, 0.29) is 43.0 Å². The molecule has 2 atom stereocenters. The molecule has 0 aromatic carbocycles. The number of alkyl halides is 3. The Morgan fingerprint density at radius 3 is 2.41 bits per heavy atom. The highest BCUT2D eigenvalue weighted by molar-refractivity contribution is 14.0. The summed E-state index contributed by atoms with van der Waals surface area (Å²) in [6, 6.07) is 0.378. The van der Waals surface area contributed by atoms with E-state index in [1.54, 1.807) is 7.05 Å². The lowest BCUT2D eigenvalue weighted by atomic mass is 9.95. The summed E-state index contributed by atoms with van der Waals surface area (Å²) < 4.78 is 61.4. The quantitative estimate of drug-likeness (QED) is 0.290. The molecule has 1 heterocycles. The SMILES string of the molecule is CCSC1CCCC(NC(=NC)NCC2CCN(S(=O)(=O)C(F)(F)F)CC2)C1.I. The van der Waals surface area contributed by atoms with Crippen LogP contribution in [0.5, 0.6) is 0 Å². The predicted molar refractivity (Wildman–Crippen MR) is 123 cm³/mol. The molecule has 12 heteroatoms. The fraction of sp³-hybridized carbons (Fsp3) is 0.941. The molecule has 2 aliphatic rings. The third-order valence-corrected chi connectivity index (χ3v) is 8.22. The van der Waals surface area contributed by atoms with E-state index in [2.05, 4.69) is 22.5 Å². The first-order valence-corrected chi connectivity index (χ1v) is 12.3. The van der Waals surface area contributed by atoms with Crippen LogP contribution in [-0.2, 0) is 10.0 Å². The van der Waals surface area contributed by atoms with E-state index >= 15 is 0 Å². The number of hydrogen-bond donors (Lipinski definition) is 2. The molecule has 0 spiro atoms. The minimum absolute atomic E-state index is 0. The average molecular weight is 573 g/mol. The van der Waals surface area contributed by atoms with Crippen LogP contribution in [0, 0.1) is 5.92 Å². The molecule has 0 amide bonds. The molecule has 2 unspecified atom stereocenters. The van der Waals surface area contributed by atoms with Gasteiger partial charge in [-0.25, -0.2) is 8.42 Å². The number of thioether (sulfide) groups is 1. The number of rotatable bonds is 6. The lowest BCUT2D eigenvalue weighted by molar-refractivity contribution is -0.0496. The third kappa shape index (κ3) is 7.91. The summed E-state index contributed by atoms with van der Waals surface area (Å²) in [5.74, 6) is 1.94. The highest BCUT2D eigenvalue weighted by atomic mass is 127. The Balaban J connectivity index is 0.00000420. The number of nitrogens with one attached hydrogen (secondary N) is 2. The molecule has 1 saturated heterocycles. The summed E-state index contributed by atoms with van der Waals surface area (Å²) in [6.45, 7) is 2.55. The molecule has 29 heavy (non-hydrogen) atoms. The number of hydrogen-bond acceptors (Lipinski definition) is 4. The molecule has 1 aliphatic carbocycles. The van der Waals surface area contributed by atoms with E-state index in [1.165, 1.54) is 12.8 Å². The normalized spacial score (nSPS) is 25.3. The Hall–Kier alpha value is 0.0500. The zero-order valence-corrected chi connectivity index (χ0v) is 20.8. The number of aliphatic imine (C=N–C) groups is 1. The third-order valence-electron chi connectivity index (χ3n) is 5.36. The average Bonchev–Trinajstić information content (AvgIpc) is 2.65. The van der Waals surface area contributed by atoms with E-state index in [0.717, 1.165) is 18.6 Å². The molecule has 0 aromatic heterocycles. The standard InChI is InChI=1S/C17H31F3N4O2S2.HI/c1-3-27-15-6-4-5-14(11-15)23-16(21-2)22-12-13-7-9-24(10-8-13)28(25,26)17(18,19)20;/h13-15H,3-12H2,1-2H3,(H2,21,22,23);1H. The molecule has 6 nitrogen and oxygen atoms in total. The van der Waals surface area contributed by atoms with Crippen molar-refractivity contribution in [1.29, 1.82) is 0 Å². The fourth-order valence-corrected chi connectivity index (χ4v) is 5.95.